The van der Waals surface area contributed by atoms with Crippen LogP contribution in [0.3, 0.4) is 0 Å². The zero-order chi connectivity index (χ0) is 14.9. The zero-order valence-corrected chi connectivity index (χ0v) is 12.3. The number of nitrogens with one attached hydrogen (secondary N) is 1. The van der Waals surface area contributed by atoms with Crippen molar-refractivity contribution >= 4 is 0 Å². The lowest BCUT2D eigenvalue weighted by atomic mass is 10.1. The first kappa shape index (κ1) is 13.0. The van der Waals surface area contributed by atoms with E-state index < -0.39 is 0 Å². The Balaban J connectivity index is 1.55. The molecule has 2 heterocycles. The Hall–Kier alpha value is -2.75. The van der Waals surface area contributed by atoms with Gasteiger partial charge in [-0.2, -0.15) is 0 Å². The summed E-state index contributed by atoms with van der Waals surface area (Å²) < 4.78 is 10.7. The van der Waals surface area contributed by atoms with E-state index >= 15 is 0 Å². The molecule has 0 spiro atoms. The topological polar surface area (TPSA) is 47.1 Å². The average molecular weight is 292 g/mol. The SMILES string of the molecule is Cc1ccc(-c2cnc(Cc3ccc4c(c3)OCO4)[nH]2)cc1. The highest BCUT2D eigenvalue weighted by atomic mass is 16.7. The highest BCUT2D eigenvalue weighted by Crippen LogP contribution is 2.33. The molecule has 22 heavy (non-hydrogen) atoms. The molecule has 2 aromatic carbocycles. The molecule has 0 saturated heterocycles. The Labute approximate surface area is 128 Å². The number of ether oxygens (including phenoxy) is 2. The maximum Gasteiger partial charge on any atom is 0.231 e. The number of imidazole rings is 1. The molecule has 0 atom stereocenters. The molecule has 0 radical (unpaired) electrons. The van der Waals surface area contributed by atoms with Crippen molar-refractivity contribution in [1.29, 1.82) is 0 Å². The summed E-state index contributed by atoms with van der Waals surface area (Å²) in [7, 11) is 0. The molecular weight excluding hydrogens is 276 g/mol. The Morgan fingerprint density at radius 2 is 1.86 bits per heavy atom. The van der Waals surface area contributed by atoms with E-state index in [0.29, 0.717) is 6.79 Å². The molecule has 0 amide bonds. The third-order valence-electron chi connectivity index (χ3n) is 3.80. The van der Waals surface area contributed by atoms with Gasteiger partial charge in [-0.15, -0.1) is 0 Å². The number of aryl methyl sites for hydroxylation is 1. The van der Waals surface area contributed by atoms with Gasteiger partial charge in [0.05, 0.1) is 11.9 Å². The molecule has 4 heteroatoms. The molecule has 0 bridgehead atoms. The minimum absolute atomic E-state index is 0.303. The zero-order valence-electron chi connectivity index (χ0n) is 12.3. The second-order valence-electron chi connectivity index (χ2n) is 5.47. The van der Waals surface area contributed by atoms with Gasteiger partial charge in [-0.3, -0.25) is 0 Å². The van der Waals surface area contributed by atoms with Crippen LogP contribution in [0.2, 0.25) is 0 Å². The van der Waals surface area contributed by atoms with E-state index in [1.807, 2.05) is 24.4 Å². The lowest BCUT2D eigenvalue weighted by Gasteiger charge is -2.01. The molecule has 0 unspecified atom stereocenters. The second kappa shape index (κ2) is 5.22. The van der Waals surface area contributed by atoms with Gasteiger partial charge in [0, 0.05) is 6.42 Å². The Morgan fingerprint density at radius 1 is 1.05 bits per heavy atom. The Kier molecular flexibility index (Phi) is 3.07. The van der Waals surface area contributed by atoms with Crippen LogP contribution in [-0.4, -0.2) is 16.8 Å². The summed E-state index contributed by atoms with van der Waals surface area (Å²) in [6, 6.07) is 14.4. The summed E-state index contributed by atoms with van der Waals surface area (Å²) in [6.07, 6.45) is 2.62. The van der Waals surface area contributed by atoms with E-state index in [-0.39, 0.29) is 0 Å². The van der Waals surface area contributed by atoms with Crippen LogP contribution in [0.1, 0.15) is 17.0 Å². The fraction of sp³-hybridized carbons (Fsp3) is 0.167. The van der Waals surface area contributed by atoms with E-state index in [0.717, 1.165) is 40.6 Å². The minimum atomic E-state index is 0.303. The molecule has 4 nitrogen and oxygen atoms in total. The maximum absolute atomic E-state index is 5.41. The van der Waals surface area contributed by atoms with Gasteiger partial charge in [-0.25, -0.2) is 4.98 Å². The summed E-state index contributed by atoms with van der Waals surface area (Å²) in [4.78, 5) is 7.86. The van der Waals surface area contributed by atoms with Crippen molar-refractivity contribution in [3.05, 3.63) is 65.6 Å². The summed E-state index contributed by atoms with van der Waals surface area (Å²) in [6.45, 7) is 2.39. The quantitative estimate of drug-likeness (QED) is 0.800. The van der Waals surface area contributed by atoms with Crippen molar-refractivity contribution in [1.82, 2.24) is 9.97 Å². The van der Waals surface area contributed by atoms with Gasteiger partial charge < -0.3 is 14.5 Å². The second-order valence-corrected chi connectivity index (χ2v) is 5.47. The van der Waals surface area contributed by atoms with Gasteiger partial charge in [0.15, 0.2) is 11.5 Å². The smallest absolute Gasteiger partial charge is 0.231 e. The highest BCUT2D eigenvalue weighted by Gasteiger charge is 2.14. The van der Waals surface area contributed by atoms with Gasteiger partial charge in [0.2, 0.25) is 6.79 Å². The summed E-state index contributed by atoms with van der Waals surface area (Å²) >= 11 is 0. The number of hydrogen-bond acceptors (Lipinski definition) is 3. The number of benzene rings is 2. The molecule has 0 saturated carbocycles. The van der Waals surface area contributed by atoms with Crippen LogP contribution in [0.25, 0.3) is 11.3 Å². The van der Waals surface area contributed by atoms with Crippen molar-refractivity contribution < 1.29 is 9.47 Å². The largest absolute Gasteiger partial charge is 0.454 e. The molecule has 1 aliphatic rings. The van der Waals surface area contributed by atoms with Crippen molar-refractivity contribution in [2.45, 2.75) is 13.3 Å². The van der Waals surface area contributed by atoms with Gasteiger partial charge in [0.1, 0.15) is 5.82 Å². The van der Waals surface area contributed by atoms with Crippen molar-refractivity contribution in [2.75, 3.05) is 6.79 Å². The molecule has 0 aliphatic carbocycles. The van der Waals surface area contributed by atoms with Crippen LogP contribution < -0.4 is 9.47 Å². The summed E-state index contributed by atoms with van der Waals surface area (Å²) in [5.74, 6) is 2.56. The van der Waals surface area contributed by atoms with Gasteiger partial charge >= 0.3 is 0 Å². The van der Waals surface area contributed by atoms with Crippen LogP contribution in [0.15, 0.2) is 48.7 Å². The molecule has 110 valence electrons. The van der Waals surface area contributed by atoms with E-state index in [4.69, 9.17) is 9.47 Å². The number of fused-ring (bicyclic) bond motifs is 1. The lowest BCUT2D eigenvalue weighted by molar-refractivity contribution is 0.174. The van der Waals surface area contributed by atoms with Crippen LogP contribution in [-0.2, 0) is 6.42 Å². The van der Waals surface area contributed by atoms with Crippen LogP contribution in [0.4, 0.5) is 0 Å². The minimum Gasteiger partial charge on any atom is -0.454 e. The van der Waals surface area contributed by atoms with Crippen LogP contribution in [0.5, 0.6) is 11.5 Å². The van der Waals surface area contributed by atoms with Crippen molar-refractivity contribution in [3.63, 3.8) is 0 Å². The van der Waals surface area contributed by atoms with E-state index in [1.165, 1.54) is 5.56 Å². The summed E-state index contributed by atoms with van der Waals surface area (Å²) in [5, 5.41) is 0. The monoisotopic (exact) mass is 292 g/mol. The number of aromatic amines is 1. The normalized spacial score (nSPS) is 12.6. The first-order valence-corrected chi connectivity index (χ1v) is 7.27. The average Bonchev–Trinajstić information content (AvgIpc) is 3.17. The molecular formula is C18H16N2O2. The predicted octanol–water partition coefficient (Wildman–Crippen LogP) is 3.70. The fourth-order valence-corrected chi connectivity index (χ4v) is 2.58. The van der Waals surface area contributed by atoms with Gasteiger partial charge in [-0.1, -0.05) is 35.9 Å². The molecule has 1 aromatic heterocycles. The standard InChI is InChI=1S/C18H16N2O2/c1-12-2-5-14(6-3-12)15-10-19-18(20-15)9-13-4-7-16-17(8-13)22-11-21-16/h2-8,10H,9,11H2,1H3,(H,19,20). The van der Waals surface area contributed by atoms with Gasteiger partial charge in [0.25, 0.3) is 0 Å². The van der Waals surface area contributed by atoms with E-state index in [1.54, 1.807) is 0 Å². The molecule has 3 aromatic rings. The number of rotatable bonds is 3. The highest BCUT2D eigenvalue weighted by molar-refractivity contribution is 5.58. The van der Waals surface area contributed by atoms with E-state index in [2.05, 4.69) is 41.2 Å². The number of H-pyrrole nitrogens is 1. The number of nitrogens with zero attached hydrogens (tertiary/aromatic N) is 1. The summed E-state index contributed by atoms with van der Waals surface area (Å²) in [5.41, 5.74) is 4.59. The van der Waals surface area contributed by atoms with Crippen LogP contribution in [0, 0.1) is 6.92 Å². The van der Waals surface area contributed by atoms with Crippen molar-refractivity contribution in [3.8, 4) is 22.8 Å². The number of aromatic nitrogens is 2. The van der Waals surface area contributed by atoms with Crippen molar-refractivity contribution in [2.24, 2.45) is 0 Å². The Bertz CT molecular complexity index is 806. The maximum atomic E-state index is 5.41. The van der Waals surface area contributed by atoms with Crippen LogP contribution >= 0.6 is 0 Å². The number of hydrogen-bond donors (Lipinski definition) is 1. The van der Waals surface area contributed by atoms with Gasteiger partial charge in [-0.05, 0) is 30.2 Å². The lowest BCUT2D eigenvalue weighted by Crippen LogP contribution is -1.93. The first-order valence-electron chi connectivity index (χ1n) is 7.27. The first-order chi connectivity index (χ1) is 10.8. The fourth-order valence-electron chi connectivity index (χ4n) is 2.58. The third-order valence-corrected chi connectivity index (χ3v) is 3.80. The van der Waals surface area contributed by atoms with E-state index in [9.17, 15) is 0 Å². The molecule has 0 fully saturated rings. The third kappa shape index (κ3) is 2.44. The molecule has 1 N–H and O–H groups in total. The molecule has 4 rings (SSSR count). The predicted molar refractivity (Wildman–Crippen MR) is 84.1 cm³/mol. The Morgan fingerprint density at radius 3 is 2.73 bits per heavy atom. The molecule has 1 aliphatic heterocycles.